The number of ketones is 3. The van der Waals surface area contributed by atoms with Crippen LogP contribution in [0, 0.1) is 5.92 Å². The number of carbonyl (C=O) groups excluding carboxylic acids is 3. The topological polar surface area (TPSA) is 51.2 Å². The average molecular weight is 299 g/mol. The van der Waals surface area contributed by atoms with Gasteiger partial charge in [-0.25, -0.2) is 0 Å². The van der Waals surface area contributed by atoms with Crippen LogP contribution in [0.4, 0.5) is 0 Å². The Morgan fingerprint density at radius 3 is 2.16 bits per heavy atom. The first-order valence-corrected chi connectivity index (χ1v) is 6.77. The molecule has 0 saturated heterocycles. The van der Waals surface area contributed by atoms with Gasteiger partial charge >= 0.3 is 0 Å². The van der Waals surface area contributed by atoms with Gasteiger partial charge in [-0.1, -0.05) is 29.3 Å². The minimum Gasteiger partial charge on any atom is -0.298 e. The minimum atomic E-state index is -1.12. The largest absolute Gasteiger partial charge is 0.298 e. The number of halogens is 2. The van der Waals surface area contributed by atoms with E-state index in [1.165, 1.54) is 0 Å². The molecular formula is C14H12Cl2O3. The molecule has 0 spiro atoms. The van der Waals surface area contributed by atoms with Crippen LogP contribution in [-0.4, -0.2) is 17.3 Å². The predicted molar refractivity (Wildman–Crippen MR) is 72.5 cm³/mol. The van der Waals surface area contributed by atoms with Gasteiger partial charge in [0.1, 0.15) is 5.92 Å². The van der Waals surface area contributed by atoms with Gasteiger partial charge in [-0.3, -0.25) is 14.4 Å². The standard InChI is InChI=1S/C14H12Cl2O3/c15-9-3-1-4-10(16)8(9)7-13(19)14-11(17)5-2-6-12(14)18/h1,3-4,14H,2,5-7H2. The van der Waals surface area contributed by atoms with Gasteiger partial charge in [0, 0.05) is 29.3 Å². The summed E-state index contributed by atoms with van der Waals surface area (Å²) in [4.78, 5) is 35.5. The molecule has 0 atom stereocenters. The third kappa shape index (κ3) is 3.04. The summed E-state index contributed by atoms with van der Waals surface area (Å²) in [6.45, 7) is 0. The molecule has 1 aromatic rings. The summed E-state index contributed by atoms with van der Waals surface area (Å²) in [5, 5.41) is 0.744. The number of Topliss-reactive ketones (excluding diaryl/α,β-unsaturated/α-hetero) is 3. The minimum absolute atomic E-state index is 0.0827. The molecule has 0 N–H and O–H groups in total. The molecule has 1 saturated carbocycles. The van der Waals surface area contributed by atoms with Crippen molar-refractivity contribution in [1.29, 1.82) is 0 Å². The monoisotopic (exact) mass is 298 g/mol. The number of rotatable bonds is 3. The molecule has 5 heteroatoms. The zero-order chi connectivity index (χ0) is 14.0. The Morgan fingerprint density at radius 1 is 1.11 bits per heavy atom. The fourth-order valence-corrected chi connectivity index (χ4v) is 2.77. The van der Waals surface area contributed by atoms with E-state index in [1.807, 2.05) is 0 Å². The summed E-state index contributed by atoms with van der Waals surface area (Å²) in [5.74, 6) is -2.11. The lowest BCUT2D eigenvalue weighted by molar-refractivity contribution is -0.141. The molecule has 19 heavy (non-hydrogen) atoms. The van der Waals surface area contributed by atoms with Gasteiger partial charge in [0.2, 0.25) is 0 Å². The quantitative estimate of drug-likeness (QED) is 0.806. The van der Waals surface area contributed by atoms with Crippen molar-refractivity contribution in [2.75, 3.05) is 0 Å². The molecule has 3 nitrogen and oxygen atoms in total. The maximum Gasteiger partial charge on any atom is 0.155 e. The van der Waals surface area contributed by atoms with Crippen LogP contribution in [0.3, 0.4) is 0 Å². The lowest BCUT2D eigenvalue weighted by Crippen LogP contribution is -2.36. The van der Waals surface area contributed by atoms with E-state index < -0.39 is 11.7 Å². The summed E-state index contributed by atoms with van der Waals surface area (Å²) in [7, 11) is 0. The van der Waals surface area contributed by atoms with Gasteiger partial charge in [-0.15, -0.1) is 0 Å². The Bertz CT molecular complexity index is 515. The Balaban J connectivity index is 2.21. The molecule has 100 valence electrons. The van der Waals surface area contributed by atoms with E-state index in [0.29, 0.717) is 34.9 Å². The number of carbonyl (C=O) groups is 3. The first-order valence-electron chi connectivity index (χ1n) is 6.01. The molecular weight excluding hydrogens is 287 g/mol. The van der Waals surface area contributed by atoms with Gasteiger partial charge in [-0.05, 0) is 24.1 Å². The highest BCUT2D eigenvalue weighted by Gasteiger charge is 2.35. The van der Waals surface area contributed by atoms with Crippen molar-refractivity contribution in [2.45, 2.75) is 25.7 Å². The average Bonchev–Trinajstić information content (AvgIpc) is 2.34. The third-order valence-electron chi connectivity index (χ3n) is 3.22. The molecule has 1 aromatic carbocycles. The number of benzene rings is 1. The predicted octanol–water partition coefficient (Wildman–Crippen LogP) is 3.04. The Hall–Kier alpha value is -1.19. The summed E-state index contributed by atoms with van der Waals surface area (Å²) in [5.41, 5.74) is 0.474. The van der Waals surface area contributed by atoms with Crippen LogP contribution in [0.25, 0.3) is 0 Å². The fourth-order valence-electron chi connectivity index (χ4n) is 2.24. The second-order valence-electron chi connectivity index (χ2n) is 4.56. The van der Waals surface area contributed by atoms with Gasteiger partial charge < -0.3 is 0 Å². The van der Waals surface area contributed by atoms with Crippen LogP contribution in [0.2, 0.25) is 10.0 Å². The first kappa shape index (κ1) is 14.2. The lowest BCUT2D eigenvalue weighted by Gasteiger charge is -2.18. The number of hydrogen-bond donors (Lipinski definition) is 0. The molecule has 0 heterocycles. The second kappa shape index (κ2) is 5.85. The normalized spacial score (nSPS) is 16.7. The zero-order valence-electron chi connectivity index (χ0n) is 10.1. The van der Waals surface area contributed by atoms with E-state index >= 15 is 0 Å². The van der Waals surface area contributed by atoms with Gasteiger partial charge in [0.05, 0.1) is 0 Å². The Labute approximate surface area is 120 Å². The van der Waals surface area contributed by atoms with Crippen LogP contribution in [-0.2, 0) is 20.8 Å². The number of hydrogen-bond acceptors (Lipinski definition) is 3. The summed E-state index contributed by atoms with van der Waals surface area (Å²) in [6.07, 6.45) is 1.03. The molecule has 0 aromatic heterocycles. The third-order valence-corrected chi connectivity index (χ3v) is 3.93. The van der Waals surface area contributed by atoms with Crippen molar-refractivity contribution in [3.63, 3.8) is 0 Å². The smallest absolute Gasteiger partial charge is 0.155 e. The molecule has 1 aliphatic carbocycles. The highest BCUT2D eigenvalue weighted by Crippen LogP contribution is 2.27. The van der Waals surface area contributed by atoms with Crippen LogP contribution < -0.4 is 0 Å². The van der Waals surface area contributed by atoms with E-state index in [9.17, 15) is 14.4 Å². The molecule has 0 bridgehead atoms. The van der Waals surface area contributed by atoms with Gasteiger partial charge in [0.25, 0.3) is 0 Å². The van der Waals surface area contributed by atoms with Crippen LogP contribution in [0.5, 0.6) is 0 Å². The molecule has 0 amide bonds. The van der Waals surface area contributed by atoms with Crippen molar-refractivity contribution >= 4 is 40.6 Å². The maximum atomic E-state index is 12.1. The summed E-state index contributed by atoms with van der Waals surface area (Å²) in [6, 6.07) is 4.93. The van der Waals surface area contributed by atoms with Gasteiger partial charge in [0.15, 0.2) is 17.3 Å². The molecule has 0 unspecified atom stereocenters. The zero-order valence-corrected chi connectivity index (χ0v) is 11.6. The molecule has 1 fully saturated rings. The molecule has 2 rings (SSSR count). The summed E-state index contributed by atoms with van der Waals surface area (Å²) < 4.78 is 0. The van der Waals surface area contributed by atoms with Crippen molar-refractivity contribution in [1.82, 2.24) is 0 Å². The van der Waals surface area contributed by atoms with Gasteiger partial charge in [-0.2, -0.15) is 0 Å². The van der Waals surface area contributed by atoms with Crippen LogP contribution >= 0.6 is 23.2 Å². The van der Waals surface area contributed by atoms with E-state index in [0.717, 1.165) is 0 Å². The Kier molecular flexibility index (Phi) is 4.38. The van der Waals surface area contributed by atoms with E-state index in [2.05, 4.69) is 0 Å². The summed E-state index contributed by atoms with van der Waals surface area (Å²) >= 11 is 12.0. The van der Waals surface area contributed by atoms with E-state index in [1.54, 1.807) is 18.2 Å². The SMILES string of the molecule is O=C1CCCC(=O)C1C(=O)Cc1c(Cl)cccc1Cl. The van der Waals surface area contributed by atoms with Crippen molar-refractivity contribution in [3.05, 3.63) is 33.8 Å². The first-order chi connectivity index (χ1) is 9.00. The van der Waals surface area contributed by atoms with Crippen molar-refractivity contribution in [3.8, 4) is 0 Å². The molecule has 0 radical (unpaired) electrons. The highest BCUT2D eigenvalue weighted by molar-refractivity contribution is 6.36. The van der Waals surface area contributed by atoms with E-state index in [-0.39, 0.29) is 18.0 Å². The highest BCUT2D eigenvalue weighted by atomic mass is 35.5. The van der Waals surface area contributed by atoms with Crippen molar-refractivity contribution < 1.29 is 14.4 Å². The lowest BCUT2D eigenvalue weighted by atomic mass is 9.82. The fraction of sp³-hybridized carbons (Fsp3) is 0.357. The molecule has 0 aliphatic heterocycles. The van der Waals surface area contributed by atoms with E-state index in [4.69, 9.17) is 23.2 Å². The second-order valence-corrected chi connectivity index (χ2v) is 5.38. The Morgan fingerprint density at radius 2 is 1.63 bits per heavy atom. The van der Waals surface area contributed by atoms with Crippen LogP contribution in [0.15, 0.2) is 18.2 Å². The maximum absolute atomic E-state index is 12.1. The molecule has 1 aliphatic rings. The van der Waals surface area contributed by atoms with Crippen LogP contribution in [0.1, 0.15) is 24.8 Å². The van der Waals surface area contributed by atoms with Crippen molar-refractivity contribution in [2.24, 2.45) is 5.92 Å².